The minimum Gasteiger partial charge on any atom is -0.489 e. The molecule has 0 aliphatic rings. The van der Waals surface area contributed by atoms with E-state index in [9.17, 15) is 4.79 Å². The molecule has 2 aromatic carbocycles. The van der Waals surface area contributed by atoms with Crippen molar-refractivity contribution >= 4 is 11.7 Å². The Hall–Kier alpha value is -3.34. The van der Waals surface area contributed by atoms with Crippen molar-refractivity contribution in [2.24, 2.45) is 0 Å². The van der Waals surface area contributed by atoms with Gasteiger partial charge in [-0.3, -0.25) is 4.98 Å². The monoisotopic (exact) mass is 361 g/mol. The van der Waals surface area contributed by atoms with Crippen LogP contribution >= 0.6 is 0 Å². The third-order valence-corrected chi connectivity index (χ3v) is 4.18. The zero-order valence-corrected chi connectivity index (χ0v) is 15.3. The molecule has 0 spiro atoms. The van der Waals surface area contributed by atoms with Crippen LogP contribution in [0.3, 0.4) is 0 Å². The number of rotatable bonds is 7. The Kier molecular flexibility index (Phi) is 6.41. The van der Waals surface area contributed by atoms with Gasteiger partial charge < -0.3 is 15.4 Å². The number of benzene rings is 2. The number of ether oxygens (including phenoxy) is 1. The molecule has 1 aromatic heterocycles. The molecule has 1 heterocycles. The number of urea groups is 1. The standard InChI is InChI=1S/C22H23N3O2/c1-17(19-7-3-2-4-8-19)14-24-22(26)25-20-9-11-21(12-10-20)27-16-18-6-5-13-23-15-18/h2-13,15,17H,14,16H2,1H3,(H2,24,25,26). The molecule has 0 bridgehead atoms. The molecule has 5 nitrogen and oxygen atoms in total. The van der Waals surface area contributed by atoms with Gasteiger partial charge in [0.05, 0.1) is 0 Å². The molecular formula is C22H23N3O2. The molecule has 1 unspecified atom stereocenters. The number of amides is 2. The summed E-state index contributed by atoms with van der Waals surface area (Å²) < 4.78 is 5.71. The molecular weight excluding hydrogens is 338 g/mol. The van der Waals surface area contributed by atoms with Crippen LogP contribution in [0.2, 0.25) is 0 Å². The fraction of sp³-hybridized carbons (Fsp3) is 0.182. The summed E-state index contributed by atoms with van der Waals surface area (Å²) in [7, 11) is 0. The van der Waals surface area contributed by atoms with Crippen molar-refractivity contribution in [3.63, 3.8) is 0 Å². The fourth-order valence-electron chi connectivity index (χ4n) is 2.61. The first-order valence-electron chi connectivity index (χ1n) is 8.92. The van der Waals surface area contributed by atoms with E-state index < -0.39 is 0 Å². The molecule has 0 fully saturated rings. The van der Waals surface area contributed by atoms with E-state index in [0.717, 1.165) is 11.3 Å². The van der Waals surface area contributed by atoms with Gasteiger partial charge in [0, 0.05) is 30.2 Å². The molecule has 3 rings (SSSR count). The van der Waals surface area contributed by atoms with Crippen LogP contribution in [0, 0.1) is 0 Å². The average molecular weight is 361 g/mol. The largest absolute Gasteiger partial charge is 0.489 e. The van der Waals surface area contributed by atoms with Crippen molar-refractivity contribution in [1.82, 2.24) is 10.3 Å². The number of pyridine rings is 1. The van der Waals surface area contributed by atoms with Gasteiger partial charge in [-0.05, 0) is 41.8 Å². The zero-order valence-electron chi connectivity index (χ0n) is 15.3. The molecule has 0 aliphatic heterocycles. The van der Waals surface area contributed by atoms with E-state index in [1.165, 1.54) is 5.56 Å². The van der Waals surface area contributed by atoms with E-state index in [2.05, 4.69) is 34.7 Å². The molecule has 2 N–H and O–H groups in total. The maximum Gasteiger partial charge on any atom is 0.319 e. The molecule has 0 saturated carbocycles. The number of nitrogens with one attached hydrogen (secondary N) is 2. The quantitative estimate of drug-likeness (QED) is 0.647. The van der Waals surface area contributed by atoms with E-state index in [0.29, 0.717) is 18.8 Å². The first-order chi connectivity index (χ1) is 13.2. The molecule has 138 valence electrons. The van der Waals surface area contributed by atoms with Crippen LogP contribution in [-0.4, -0.2) is 17.6 Å². The number of aromatic nitrogens is 1. The third kappa shape index (κ3) is 5.85. The summed E-state index contributed by atoms with van der Waals surface area (Å²) in [4.78, 5) is 16.1. The first-order valence-corrected chi connectivity index (χ1v) is 8.92. The fourth-order valence-corrected chi connectivity index (χ4v) is 2.61. The summed E-state index contributed by atoms with van der Waals surface area (Å²) in [6.07, 6.45) is 3.51. The molecule has 2 amide bonds. The lowest BCUT2D eigenvalue weighted by Gasteiger charge is -2.14. The van der Waals surface area contributed by atoms with Crippen LogP contribution < -0.4 is 15.4 Å². The SMILES string of the molecule is CC(CNC(=O)Nc1ccc(OCc2cccnc2)cc1)c1ccccc1. The normalized spacial score (nSPS) is 11.4. The van der Waals surface area contributed by atoms with E-state index in [-0.39, 0.29) is 11.9 Å². The summed E-state index contributed by atoms with van der Waals surface area (Å²) in [6.45, 7) is 3.12. The predicted octanol–water partition coefficient (Wildman–Crippen LogP) is 4.59. The Morgan fingerprint density at radius 3 is 2.52 bits per heavy atom. The highest BCUT2D eigenvalue weighted by molar-refractivity contribution is 5.89. The lowest BCUT2D eigenvalue weighted by Crippen LogP contribution is -2.31. The smallest absolute Gasteiger partial charge is 0.319 e. The highest BCUT2D eigenvalue weighted by Crippen LogP contribution is 2.17. The Labute approximate surface area is 159 Å². The Morgan fingerprint density at radius 1 is 1.04 bits per heavy atom. The Balaban J connectivity index is 1.44. The molecule has 1 atom stereocenters. The van der Waals surface area contributed by atoms with E-state index in [4.69, 9.17) is 4.74 Å². The second kappa shape index (κ2) is 9.38. The second-order valence-corrected chi connectivity index (χ2v) is 6.32. The van der Waals surface area contributed by atoms with Crippen molar-refractivity contribution in [3.05, 3.63) is 90.3 Å². The molecule has 27 heavy (non-hydrogen) atoms. The van der Waals surface area contributed by atoms with Crippen LogP contribution in [-0.2, 0) is 6.61 Å². The van der Waals surface area contributed by atoms with Gasteiger partial charge in [-0.25, -0.2) is 4.79 Å². The highest BCUT2D eigenvalue weighted by Gasteiger charge is 2.07. The molecule has 0 aliphatic carbocycles. The topological polar surface area (TPSA) is 63.2 Å². The van der Waals surface area contributed by atoms with E-state index >= 15 is 0 Å². The van der Waals surface area contributed by atoms with Crippen molar-refractivity contribution < 1.29 is 9.53 Å². The lowest BCUT2D eigenvalue weighted by atomic mass is 10.0. The predicted molar refractivity (Wildman–Crippen MR) is 107 cm³/mol. The van der Waals surface area contributed by atoms with Gasteiger partial charge in [0.15, 0.2) is 0 Å². The van der Waals surface area contributed by atoms with Gasteiger partial charge >= 0.3 is 6.03 Å². The number of carbonyl (C=O) groups is 1. The van der Waals surface area contributed by atoms with Gasteiger partial charge in [0.1, 0.15) is 12.4 Å². The molecule has 0 saturated heterocycles. The summed E-state index contributed by atoms with van der Waals surface area (Å²) in [6, 6.07) is 21.0. The summed E-state index contributed by atoms with van der Waals surface area (Å²) in [5.41, 5.74) is 2.92. The van der Waals surface area contributed by atoms with Gasteiger partial charge in [-0.1, -0.05) is 43.3 Å². The van der Waals surface area contributed by atoms with Crippen LogP contribution in [0.5, 0.6) is 5.75 Å². The van der Waals surface area contributed by atoms with Gasteiger partial charge in [0.25, 0.3) is 0 Å². The zero-order chi connectivity index (χ0) is 18.9. The summed E-state index contributed by atoms with van der Waals surface area (Å²) >= 11 is 0. The van der Waals surface area contributed by atoms with E-state index in [1.807, 2.05) is 54.6 Å². The molecule has 5 heteroatoms. The van der Waals surface area contributed by atoms with Crippen LogP contribution in [0.15, 0.2) is 79.1 Å². The van der Waals surface area contributed by atoms with Crippen molar-refractivity contribution in [3.8, 4) is 5.75 Å². The number of nitrogens with zero attached hydrogens (tertiary/aromatic N) is 1. The Bertz CT molecular complexity index is 836. The highest BCUT2D eigenvalue weighted by atomic mass is 16.5. The lowest BCUT2D eigenvalue weighted by molar-refractivity contribution is 0.251. The van der Waals surface area contributed by atoms with Gasteiger partial charge in [0.2, 0.25) is 0 Å². The van der Waals surface area contributed by atoms with Crippen molar-refractivity contribution in [2.45, 2.75) is 19.4 Å². The summed E-state index contributed by atoms with van der Waals surface area (Å²) in [5, 5.41) is 5.74. The van der Waals surface area contributed by atoms with Crippen molar-refractivity contribution in [1.29, 1.82) is 0 Å². The summed E-state index contributed by atoms with van der Waals surface area (Å²) in [5.74, 6) is 0.989. The van der Waals surface area contributed by atoms with Gasteiger partial charge in [-0.2, -0.15) is 0 Å². The minimum absolute atomic E-state index is 0.221. The van der Waals surface area contributed by atoms with Crippen LogP contribution in [0.25, 0.3) is 0 Å². The minimum atomic E-state index is -0.221. The second-order valence-electron chi connectivity index (χ2n) is 6.32. The van der Waals surface area contributed by atoms with E-state index in [1.54, 1.807) is 12.4 Å². The average Bonchev–Trinajstić information content (AvgIpc) is 2.73. The molecule has 0 radical (unpaired) electrons. The third-order valence-electron chi connectivity index (χ3n) is 4.18. The maximum atomic E-state index is 12.1. The number of hydrogen-bond donors (Lipinski definition) is 2. The van der Waals surface area contributed by atoms with Crippen molar-refractivity contribution in [2.75, 3.05) is 11.9 Å². The molecule has 3 aromatic rings. The number of anilines is 1. The Morgan fingerprint density at radius 2 is 1.81 bits per heavy atom. The number of carbonyl (C=O) groups excluding carboxylic acids is 1. The first kappa shape index (κ1) is 18.5. The van der Waals surface area contributed by atoms with Gasteiger partial charge in [-0.15, -0.1) is 0 Å². The maximum absolute atomic E-state index is 12.1. The van der Waals surface area contributed by atoms with Crippen LogP contribution in [0.1, 0.15) is 24.0 Å². The number of hydrogen-bond acceptors (Lipinski definition) is 3. The van der Waals surface area contributed by atoms with Crippen LogP contribution in [0.4, 0.5) is 10.5 Å².